The van der Waals surface area contributed by atoms with Crippen molar-refractivity contribution in [1.29, 1.82) is 0 Å². The van der Waals surface area contributed by atoms with Crippen LogP contribution in [0.2, 0.25) is 0 Å². The zero-order valence-electron chi connectivity index (χ0n) is 14.9. The average molecular weight is 353 g/mol. The van der Waals surface area contributed by atoms with Crippen LogP contribution in [0, 0.1) is 13.8 Å². The molecule has 1 aliphatic rings. The first-order valence-electron chi connectivity index (χ1n) is 8.78. The lowest BCUT2D eigenvalue weighted by molar-refractivity contribution is -0.117. The van der Waals surface area contributed by atoms with Crippen LogP contribution in [0.4, 0.5) is 4.79 Å². The predicted octanol–water partition coefficient (Wildman–Crippen LogP) is 3.33. The molecule has 0 atom stereocenters. The minimum Gasteiger partial charge on any atom is -0.338 e. The number of hydrogen-bond donors (Lipinski definition) is 2. The van der Waals surface area contributed by atoms with Crippen molar-refractivity contribution in [2.75, 3.05) is 12.3 Å². The van der Waals surface area contributed by atoms with Gasteiger partial charge in [-0.05, 0) is 33.1 Å². The maximum Gasteiger partial charge on any atom is 0.321 e. The Morgan fingerprint density at radius 3 is 2.62 bits per heavy atom. The summed E-state index contributed by atoms with van der Waals surface area (Å²) in [6, 6.07) is 0.0591. The fraction of sp³-hybridized carbons (Fsp3) is 0.706. The molecule has 0 aromatic carbocycles. The minimum absolute atomic E-state index is 0.197. The second-order valence-corrected chi connectivity index (χ2v) is 7.26. The fourth-order valence-electron chi connectivity index (χ4n) is 3.04. The van der Waals surface area contributed by atoms with Gasteiger partial charge < -0.3 is 9.88 Å². The van der Waals surface area contributed by atoms with E-state index in [1.807, 2.05) is 13.8 Å². The van der Waals surface area contributed by atoms with E-state index in [4.69, 9.17) is 0 Å². The smallest absolute Gasteiger partial charge is 0.321 e. The molecule has 2 N–H and O–H groups in total. The first kappa shape index (κ1) is 18.8. The minimum atomic E-state index is -0.426. The lowest BCUT2D eigenvalue weighted by Gasteiger charge is -2.26. The van der Waals surface area contributed by atoms with E-state index in [-0.39, 0.29) is 11.7 Å². The third kappa shape index (κ3) is 5.00. The van der Waals surface area contributed by atoms with Gasteiger partial charge >= 0.3 is 6.03 Å². The standard InChI is InChI=1S/C17H28N4O2S/c1-4-10-18-16(23)20-15(22)11-24-17-19-12(2)13(3)21(17)14-8-6-5-7-9-14/h14H,4-11H2,1-3H3,(H2,18,20,22,23). The molecule has 1 heterocycles. The zero-order valence-corrected chi connectivity index (χ0v) is 15.7. The van der Waals surface area contributed by atoms with Crippen molar-refractivity contribution < 1.29 is 9.59 Å². The number of amides is 3. The summed E-state index contributed by atoms with van der Waals surface area (Å²) in [5.41, 5.74) is 2.20. The normalized spacial score (nSPS) is 15.3. The number of carbonyl (C=O) groups excluding carboxylic acids is 2. The Bertz CT molecular complexity index is 579. The summed E-state index contributed by atoms with van der Waals surface area (Å²) in [7, 11) is 0. The average Bonchev–Trinajstić information content (AvgIpc) is 2.86. The third-order valence-electron chi connectivity index (χ3n) is 4.42. The van der Waals surface area contributed by atoms with E-state index in [0.717, 1.165) is 17.3 Å². The number of aromatic nitrogens is 2. The van der Waals surface area contributed by atoms with Gasteiger partial charge in [-0.25, -0.2) is 9.78 Å². The molecule has 2 rings (SSSR count). The van der Waals surface area contributed by atoms with E-state index in [2.05, 4.69) is 27.1 Å². The molecule has 0 unspecified atom stereocenters. The van der Waals surface area contributed by atoms with Gasteiger partial charge in [-0.2, -0.15) is 0 Å². The van der Waals surface area contributed by atoms with Crippen LogP contribution in [0.3, 0.4) is 0 Å². The Balaban J connectivity index is 1.95. The molecule has 0 saturated heterocycles. The van der Waals surface area contributed by atoms with Crippen molar-refractivity contribution in [3.8, 4) is 0 Å². The van der Waals surface area contributed by atoms with Gasteiger partial charge in [0, 0.05) is 18.3 Å². The van der Waals surface area contributed by atoms with E-state index in [9.17, 15) is 9.59 Å². The van der Waals surface area contributed by atoms with Gasteiger partial charge in [0.15, 0.2) is 5.16 Å². The molecule has 1 aliphatic carbocycles. The van der Waals surface area contributed by atoms with E-state index in [1.54, 1.807) is 0 Å². The number of aryl methyl sites for hydroxylation is 1. The Kier molecular flexibility index (Phi) is 7.15. The highest BCUT2D eigenvalue weighted by Crippen LogP contribution is 2.34. The van der Waals surface area contributed by atoms with Crippen LogP contribution in [0.25, 0.3) is 0 Å². The van der Waals surface area contributed by atoms with Crippen molar-refractivity contribution in [2.24, 2.45) is 0 Å². The molecule has 1 fully saturated rings. The van der Waals surface area contributed by atoms with Crippen LogP contribution >= 0.6 is 11.8 Å². The highest BCUT2D eigenvalue weighted by atomic mass is 32.2. The number of imide groups is 1. The van der Waals surface area contributed by atoms with Crippen LogP contribution in [0.5, 0.6) is 0 Å². The van der Waals surface area contributed by atoms with Crippen molar-refractivity contribution in [2.45, 2.75) is 70.5 Å². The van der Waals surface area contributed by atoms with Crippen molar-refractivity contribution in [1.82, 2.24) is 20.2 Å². The fourth-order valence-corrected chi connectivity index (χ4v) is 4.00. The molecule has 0 aliphatic heterocycles. The number of hydrogen-bond acceptors (Lipinski definition) is 4. The number of rotatable bonds is 6. The van der Waals surface area contributed by atoms with E-state index >= 15 is 0 Å². The number of imidazole rings is 1. The monoisotopic (exact) mass is 352 g/mol. The lowest BCUT2D eigenvalue weighted by Crippen LogP contribution is -2.40. The quantitative estimate of drug-likeness (QED) is 0.770. The summed E-state index contributed by atoms with van der Waals surface area (Å²) in [6.07, 6.45) is 7.01. The van der Waals surface area contributed by atoms with Gasteiger partial charge in [-0.1, -0.05) is 37.9 Å². The summed E-state index contributed by atoms with van der Waals surface area (Å²) < 4.78 is 2.30. The Morgan fingerprint density at radius 1 is 1.25 bits per heavy atom. The SMILES string of the molecule is CCCNC(=O)NC(=O)CSc1nc(C)c(C)n1C1CCCCC1. The largest absolute Gasteiger partial charge is 0.338 e. The Labute approximate surface area is 148 Å². The lowest BCUT2D eigenvalue weighted by atomic mass is 9.95. The zero-order chi connectivity index (χ0) is 17.5. The second-order valence-electron chi connectivity index (χ2n) is 6.32. The number of thioether (sulfide) groups is 1. The number of carbonyl (C=O) groups is 2. The summed E-state index contributed by atoms with van der Waals surface area (Å²) in [4.78, 5) is 28.1. The van der Waals surface area contributed by atoms with Crippen LogP contribution in [-0.4, -0.2) is 33.8 Å². The van der Waals surface area contributed by atoms with Crippen LogP contribution < -0.4 is 10.6 Å². The highest BCUT2D eigenvalue weighted by Gasteiger charge is 2.22. The predicted molar refractivity (Wildman–Crippen MR) is 96.4 cm³/mol. The molecule has 24 heavy (non-hydrogen) atoms. The third-order valence-corrected chi connectivity index (χ3v) is 5.37. The molecule has 0 radical (unpaired) electrons. The van der Waals surface area contributed by atoms with Crippen LogP contribution in [0.1, 0.15) is 62.9 Å². The first-order chi connectivity index (χ1) is 11.5. The topological polar surface area (TPSA) is 76.0 Å². The number of nitrogens with zero attached hydrogens (tertiary/aromatic N) is 2. The summed E-state index contributed by atoms with van der Waals surface area (Å²) in [5.74, 6) is -0.0931. The second kappa shape index (κ2) is 9.11. The van der Waals surface area contributed by atoms with Gasteiger partial charge in [-0.3, -0.25) is 10.1 Å². The van der Waals surface area contributed by atoms with E-state index in [0.29, 0.717) is 12.6 Å². The van der Waals surface area contributed by atoms with Gasteiger partial charge in [0.1, 0.15) is 0 Å². The van der Waals surface area contributed by atoms with Crippen molar-refractivity contribution >= 4 is 23.7 Å². The van der Waals surface area contributed by atoms with E-state index in [1.165, 1.54) is 49.6 Å². The van der Waals surface area contributed by atoms with Crippen LogP contribution in [-0.2, 0) is 4.79 Å². The summed E-state index contributed by atoms with van der Waals surface area (Å²) in [6.45, 7) is 6.64. The molecular weight excluding hydrogens is 324 g/mol. The number of nitrogens with one attached hydrogen (secondary N) is 2. The molecule has 6 nitrogen and oxygen atoms in total. The molecule has 7 heteroatoms. The van der Waals surface area contributed by atoms with Crippen molar-refractivity contribution in [3.63, 3.8) is 0 Å². The Morgan fingerprint density at radius 2 is 1.96 bits per heavy atom. The molecule has 0 bridgehead atoms. The molecule has 134 valence electrons. The number of urea groups is 1. The van der Waals surface area contributed by atoms with Gasteiger partial charge in [0.05, 0.1) is 11.4 Å². The highest BCUT2D eigenvalue weighted by molar-refractivity contribution is 7.99. The molecule has 1 saturated carbocycles. The van der Waals surface area contributed by atoms with Crippen LogP contribution in [0.15, 0.2) is 5.16 Å². The van der Waals surface area contributed by atoms with E-state index < -0.39 is 6.03 Å². The van der Waals surface area contributed by atoms with Gasteiger partial charge in [0.2, 0.25) is 5.91 Å². The van der Waals surface area contributed by atoms with Gasteiger partial charge in [0.25, 0.3) is 0 Å². The summed E-state index contributed by atoms with van der Waals surface area (Å²) >= 11 is 1.41. The first-order valence-corrected chi connectivity index (χ1v) is 9.77. The Hall–Kier alpha value is -1.50. The maximum absolute atomic E-state index is 11.9. The molecule has 3 amide bonds. The molecular formula is C17H28N4O2S. The molecule has 1 aromatic rings. The summed E-state index contributed by atoms with van der Waals surface area (Å²) in [5, 5.41) is 5.89. The maximum atomic E-state index is 11.9. The van der Waals surface area contributed by atoms with Gasteiger partial charge in [-0.15, -0.1) is 0 Å². The molecule has 1 aromatic heterocycles. The molecule has 0 spiro atoms. The van der Waals surface area contributed by atoms with Crippen molar-refractivity contribution in [3.05, 3.63) is 11.4 Å².